The second kappa shape index (κ2) is 13.0. The molecular weight excluding hydrogens is 551 g/mol. The van der Waals surface area contributed by atoms with Crippen molar-refractivity contribution in [3.05, 3.63) is 89.0 Å². The molecule has 9 nitrogen and oxygen atoms in total. The summed E-state index contributed by atoms with van der Waals surface area (Å²) in [4.78, 5) is -0.578. The van der Waals surface area contributed by atoms with Crippen molar-refractivity contribution in [1.29, 1.82) is 0 Å². The topological polar surface area (TPSA) is 144 Å². The van der Waals surface area contributed by atoms with E-state index in [1.54, 1.807) is 31.2 Å². The molecule has 0 aliphatic rings. The van der Waals surface area contributed by atoms with Gasteiger partial charge < -0.3 is 4.55 Å². The zero-order valence-electron chi connectivity index (χ0n) is 20.6. The Hall–Kier alpha value is -1.61. The van der Waals surface area contributed by atoms with E-state index in [-0.39, 0.29) is 71.0 Å². The molecular formula is C24H25NaO9S3. The van der Waals surface area contributed by atoms with Gasteiger partial charge in [-0.05, 0) is 68.1 Å². The van der Waals surface area contributed by atoms with Gasteiger partial charge in [-0.25, -0.2) is 8.42 Å². The van der Waals surface area contributed by atoms with Gasteiger partial charge in [0.2, 0.25) is 0 Å². The van der Waals surface area contributed by atoms with E-state index in [1.165, 1.54) is 36.4 Å². The Morgan fingerprint density at radius 3 is 1.51 bits per heavy atom. The van der Waals surface area contributed by atoms with Crippen LogP contribution in [0.2, 0.25) is 0 Å². The summed E-state index contributed by atoms with van der Waals surface area (Å²) >= 11 is 0. The molecule has 194 valence electrons. The van der Waals surface area contributed by atoms with E-state index in [2.05, 4.69) is 0 Å². The van der Waals surface area contributed by atoms with Crippen molar-refractivity contribution in [3.63, 3.8) is 0 Å². The third kappa shape index (κ3) is 8.98. The van der Waals surface area contributed by atoms with Crippen molar-refractivity contribution >= 4 is 30.4 Å². The maximum Gasteiger partial charge on any atom is 1.00 e. The van der Waals surface area contributed by atoms with E-state index in [1.807, 2.05) is 6.92 Å². The van der Waals surface area contributed by atoms with E-state index in [9.17, 15) is 29.8 Å². The quantitative estimate of drug-likeness (QED) is 0.176. The van der Waals surface area contributed by atoms with E-state index in [0.29, 0.717) is 5.56 Å². The number of rotatable bonds is 11. The molecule has 3 rings (SSSR count). The fraction of sp³-hybridized carbons (Fsp3) is 0.250. The summed E-state index contributed by atoms with van der Waals surface area (Å²) in [5.74, 6) is 0. The number of benzene rings is 3. The maximum atomic E-state index is 12.3. The molecule has 0 aliphatic carbocycles. The van der Waals surface area contributed by atoms with Gasteiger partial charge in [0.15, 0.2) is 0 Å². The second-order valence-corrected chi connectivity index (χ2v) is 12.7. The van der Waals surface area contributed by atoms with Crippen LogP contribution in [0.5, 0.6) is 0 Å². The minimum Gasteiger partial charge on any atom is -0.744 e. The van der Waals surface area contributed by atoms with Gasteiger partial charge in [-0.1, -0.05) is 47.5 Å². The third-order valence-corrected chi connectivity index (χ3v) is 8.83. The zero-order chi connectivity index (χ0) is 26.6. The molecule has 0 fully saturated rings. The Morgan fingerprint density at radius 1 is 0.649 bits per heavy atom. The monoisotopic (exact) mass is 576 g/mol. The van der Waals surface area contributed by atoms with Crippen molar-refractivity contribution in [2.24, 2.45) is 0 Å². The summed E-state index contributed by atoms with van der Waals surface area (Å²) in [7, 11) is -12.9. The average molecular weight is 577 g/mol. The van der Waals surface area contributed by atoms with Crippen LogP contribution in [-0.2, 0) is 51.6 Å². The van der Waals surface area contributed by atoms with Crippen LogP contribution in [0.15, 0.2) is 81.4 Å². The van der Waals surface area contributed by atoms with Crippen LogP contribution in [0.3, 0.4) is 0 Å². The maximum absolute atomic E-state index is 12.3. The minimum atomic E-state index is -4.89. The summed E-state index contributed by atoms with van der Waals surface area (Å²) in [6.45, 7) is 2.97. The molecule has 37 heavy (non-hydrogen) atoms. The molecule has 0 heterocycles. The number of hydrogen-bond acceptors (Lipinski definition) is 9. The molecule has 0 aromatic heterocycles. The number of aryl methyl sites for hydroxylation is 2. The molecule has 3 aromatic carbocycles. The smallest absolute Gasteiger partial charge is 0.744 e. The van der Waals surface area contributed by atoms with Gasteiger partial charge in [0.25, 0.3) is 20.2 Å². The van der Waals surface area contributed by atoms with E-state index in [0.717, 1.165) is 17.2 Å². The Morgan fingerprint density at radius 2 is 1.08 bits per heavy atom. The van der Waals surface area contributed by atoms with Gasteiger partial charge in [0.1, 0.15) is 10.1 Å². The summed E-state index contributed by atoms with van der Waals surface area (Å²) < 4.78 is 94.7. The van der Waals surface area contributed by atoms with Crippen molar-refractivity contribution in [1.82, 2.24) is 0 Å². The van der Waals surface area contributed by atoms with Crippen LogP contribution in [0.25, 0.3) is 0 Å². The standard InChI is InChI=1S/C24H26O9S3.Na/c1-18-3-9-22(10-4-18)35(28,29)32-15-13-20-7-8-21(24(17-20)34(25,26)27)14-16-33-36(30,31)23-11-5-19(2)6-12-23;/h3-12,17H,13-16H2,1-2H3,(H,25,26,27);/q;+1/p-1. The molecule has 0 unspecified atom stereocenters. The third-order valence-electron chi connectivity index (χ3n) is 5.26. The average Bonchev–Trinajstić information content (AvgIpc) is 2.79. The van der Waals surface area contributed by atoms with Crippen LogP contribution >= 0.6 is 0 Å². The van der Waals surface area contributed by atoms with Crippen LogP contribution in [0.4, 0.5) is 0 Å². The summed E-state index contributed by atoms with van der Waals surface area (Å²) in [6.07, 6.45) is -0.132. The molecule has 0 bridgehead atoms. The van der Waals surface area contributed by atoms with Gasteiger partial charge in [-0.2, -0.15) is 16.8 Å². The van der Waals surface area contributed by atoms with Gasteiger partial charge >= 0.3 is 29.6 Å². The normalized spacial score (nSPS) is 12.2. The van der Waals surface area contributed by atoms with Crippen LogP contribution in [0, 0.1) is 13.8 Å². The fourth-order valence-electron chi connectivity index (χ4n) is 3.27. The van der Waals surface area contributed by atoms with Gasteiger partial charge in [0, 0.05) is 0 Å². The SMILES string of the molecule is Cc1ccc(S(=O)(=O)OCCc2ccc(CCOS(=O)(=O)c3ccc(C)cc3)c(S(=O)(=O)[O-])c2)cc1.[Na+]. The van der Waals surface area contributed by atoms with E-state index >= 15 is 0 Å². The Kier molecular flexibility index (Phi) is 11.1. The molecule has 0 N–H and O–H groups in total. The van der Waals surface area contributed by atoms with Crippen LogP contribution < -0.4 is 29.6 Å². The molecule has 0 atom stereocenters. The fourth-order valence-corrected chi connectivity index (χ4v) is 5.87. The molecule has 0 aliphatic heterocycles. The summed E-state index contributed by atoms with van der Waals surface area (Å²) in [5, 5.41) is 0. The first kappa shape index (κ1) is 31.6. The predicted octanol–water partition coefficient (Wildman–Crippen LogP) is 0.108. The molecule has 3 aromatic rings. The summed E-state index contributed by atoms with van der Waals surface area (Å²) in [6, 6.07) is 16.2. The minimum absolute atomic E-state index is 0. The van der Waals surface area contributed by atoms with Crippen LogP contribution in [0.1, 0.15) is 22.3 Å². The molecule has 13 heteroatoms. The first-order chi connectivity index (χ1) is 16.8. The second-order valence-electron chi connectivity index (χ2n) is 8.07. The molecule has 0 saturated carbocycles. The predicted molar refractivity (Wildman–Crippen MR) is 130 cm³/mol. The molecule has 0 amide bonds. The molecule has 0 spiro atoms. The first-order valence-corrected chi connectivity index (χ1v) is 15.0. The number of hydrogen-bond donors (Lipinski definition) is 0. The summed E-state index contributed by atoms with van der Waals surface area (Å²) in [5.41, 5.74) is 2.21. The van der Waals surface area contributed by atoms with Gasteiger partial charge in [-0.3, -0.25) is 8.37 Å². The van der Waals surface area contributed by atoms with Gasteiger partial charge in [0.05, 0.1) is 27.9 Å². The van der Waals surface area contributed by atoms with Crippen molar-refractivity contribution in [2.45, 2.75) is 41.4 Å². The largest absolute Gasteiger partial charge is 1.00 e. The van der Waals surface area contributed by atoms with E-state index in [4.69, 9.17) is 8.37 Å². The Balaban J connectivity index is 0.00000481. The van der Waals surface area contributed by atoms with Gasteiger partial charge in [-0.15, -0.1) is 0 Å². The zero-order valence-corrected chi connectivity index (χ0v) is 25.0. The van der Waals surface area contributed by atoms with Crippen molar-refractivity contribution in [2.75, 3.05) is 13.2 Å². The molecule has 0 radical (unpaired) electrons. The van der Waals surface area contributed by atoms with Crippen molar-refractivity contribution < 1.29 is 67.7 Å². The van der Waals surface area contributed by atoms with Crippen LogP contribution in [-0.4, -0.2) is 43.0 Å². The molecule has 0 saturated heterocycles. The van der Waals surface area contributed by atoms with E-state index < -0.39 is 35.2 Å². The van der Waals surface area contributed by atoms with Crippen molar-refractivity contribution in [3.8, 4) is 0 Å². The first-order valence-electron chi connectivity index (χ1n) is 10.8. The Bertz CT molecular complexity index is 1530. The Labute approximate surface area is 240 Å².